The lowest BCUT2D eigenvalue weighted by atomic mass is 10.1. The van der Waals surface area contributed by atoms with Crippen LogP contribution in [0.3, 0.4) is 0 Å². The maximum atomic E-state index is 5.56. The molecule has 138 valence electrons. The molecule has 1 heterocycles. The highest BCUT2D eigenvalue weighted by Gasteiger charge is 2.10. The van der Waals surface area contributed by atoms with Gasteiger partial charge >= 0.3 is 0 Å². The molecule has 0 aliphatic heterocycles. The van der Waals surface area contributed by atoms with Crippen molar-refractivity contribution < 1.29 is 4.74 Å². The zero-order chi connectivity index (χ0) is 17.2. The monoisotopic (exact) mass is 458 g/mol. The zero-order valence-corrected chi connectivity index (χ0v) is 17.3. The van der Waals surface area contributed by atoms with E-state index in [2.05, 4.69) is 44.9 Å². The lowest BCUT2D eigenvalue weighted by molar-refractivity contribution is 0.106. The number of hydrogen-bond donors (Lipinski definition) is 2. The maximum absolute atomic E-state index is 5.56. The second kappa shape index (κ2) is 11.8. The number of halogens is 1. The van der Waals surface area contributed by atoms with Gasteiger partial charge in [-0.05, 0) is 5.56 Å². The highest BCUT2D eigenvalue weighted by Crippen LogP contribution is 2.14. The van der Waals surface area contributed by atoms with Gasteiger partial charge in [-0.25, -0.2) is 0 Å². The Kier molecular flexibility index (Phi) is 10.1. The first-order chi connectivity index (χ1) is 11.8. The highest BCUT2D eigenvalue weighted by molar-refractivity contribution is 14.0. The van der Waals surface area contributed by atoms with Gasteiger partial charge in [-0.2, -0.15) is 0 Å². The summed E-state index contributed by atoms with van der Waals surface area (Å²) in [5.74, 6) is 1.74. The van der Waals surface area contributed by atoms with E-state index in [1.165, 1.54) is 0 Å². The van der Waals surface area contributed by atoms with Crippen molar-refractivity contribution in [3.8, 4) is 0 Å². The Morgan fingerprint density at radius 2 is 2.04 bits per heavy atom. The SMILES string of the molecule is CCc1nncn1CCNC(=NC)NCC(OC)c1ccccc1.I. The first kappa shape index (κ1) is 21.4. The zero-order valence-electron chi connectivity index (χ0n) is 15.0. The lowest BCUT2D eigenvalue weighted by Gasteiger charge is -2.19. The molecule has 7 nitrogen and oxygen atoms in total. The predicted molar refractivity (Wildman–Crippen MR) is 110 cm³/mol. The minimum absolute atomic E-state index is 0. The topological polar surface area (TPSA) is 76.4 Å². The fourth-order valence-electron chi connectivity index (χ4n) is 2.45. The van der Waals surface area contributed by atoms with Crippen molar-refractivity contribution in [1.82, 2.24) is 25.4 Å². The molecule has 0 saturated carbocycles. The molecule has 1 aromatic heterocycles. The van der Waals surface area contributed by atoms with Gasteiger partial charge in [0.1, 0.15) is 12.2 Å². The quantitative estimate of drug-likeness (QED) is 0.360. The van der Waals surface area contributed by atoms with Gasteiger partial charge in [0.2, 0.25) is 0 Å². The number of nitrogens with zero attached hydrogens (tertiary/aromatic N) is 4. The molecule has 0 bridgehead atoms. The van der Waals surface area contributed by atoms with Gasteiger partial charge in [0.05, 0.1) is 6.10 Å². The molecule has 0 saturated heterocycles. The summed E-state index contributed by atoms with van der Waals surface area (Å²) in [5.41, 5.74) is 1.14. The number of ether oxygens (including phenoxy) is 1. The van der Waals surface area contributed by atoms with Crippen molar-refractivity contribution in [2.24, 2.45) is 4.99 Å². The molecule has 0 spiro atoms. The van der Waals surface area contributed by atoms with Crippen molar-refractivity contribution in [1.29, 1.82) is 0 Å². The number of nitrogens with one attached hydrogen (secondary N) is 2. The number of guanidine groups is 1. The third-order valence-corrected chi connectivity index (χ3v) is 3.79. The molecule has 1 unspecified atom stereocenters. The summed E-state index contributed by atoms with van der Waals surface area (Å²) in [6.45, 7) is 4.26. The van der Waals surface area contributed by atoms with E-state index in [9.17, 15) is 0 Å². The first-order valence-corrected chi connectivity index (χ1v) is 8.17. The van der Waals surface area contributed by atoms with Crippen LogP contribution >= 0.6 is 24.0 Å². The van der Waals surface area contributed by atoms with Crippen LogP contribution in [0.1, 0.15) is 24.4 Å². The second-order valence-corrected chi connectivity index (χ2v) is 5.31. The van der Waals surface area contributed by atoms with Gasteiger partial charge in [-0.15, -0.1) is 34.2 Å². The van der Waals surface area contributed by atoms with E-state index in [-0.39, 0.29) is 30.1 Å². The molecule has 25 heavy (non-hydrogen) atoms. The average Bonchev–Trinajstić information content (AvgIpc) is 3.09. The van der Waals surface area contributed by atoms with Crippen LogP contribution in [0.2, 0.25) is 0 Å². The van der Waals surface area contributed by atoms with Crippen LogP contribution in [0, 0.1) is 0 Å². The van der Waals surface area contributed by atoms with Crippen LogP contribution in [0.5, 0.6) is 0 Å². The molecule has 0 aliphatic carbocycles. The number of aromatic nitrogens is 3. The predicted octanol–water partition coefficient (Wildman–Crippen LogP) is 2.01. The Labute approximate surface area is 166 Å². The van der Waals surface area contributed by atoms with E-state index in [0.29, 0.717) is 6.54 Å². The van der Waals surface area contributed by atoms with E-state index < -0.39 is 0 Å². The summed E-state index contributed by atoms with van der Waals surface area (Å²) in [6.07, 6.45) is 2.61. The van der Waals surface area contributed by atoms with Crippen molar-refractivity contribution in [3.63, 3.8) is 0 Å². The average molecular weight is 458 g/mol. The van der Waals surface area contributed by atoms with Gasteiger partial charge in [-0.3, -0.25) is 4.99 Å². The summed E-state index contributed by atoms with van der Waals surface area (Å²) in [7, 11) is 3.48. The van der Waals surface area contributed by atoms with Crippen LogP contribution in [-0.4, -0.2) is 48.0 Å². The third kappa shape index (κ3) is 6.62. The normalized spacial score (nSPS) is 12.4. The van der Waals surface area contributed by atoms with E-state index in [1.807, 2.05) is 22.8 Å². The van der Waals surface area contributed by atoms with Gasteiger partial charge in [0, 0.05) is 40.2 Å². The number of benzene rings is 1. The maximum Gasteiger partial charge on any atom is 0.191 e. The molecule has 2 aromatic rings. The van der Waals surface area contributed by atoms with E-state index in [4.69, 9.17) is 4.74 Å². The van der Waals surface area contributed by atoms with Crippen LogP contribution < -0.4 is 10.6 Å². The molecule has 1 atom stereocenters. The Morgan fingerprint density at radius 3 is 2.68 bits per heavy atom. The fourth-order valence-corrected chi connectivity index (χ4v) is 2.45. The van der Waals surface area contributed by atoms with Gasteiger partial charge in [0.15, 0.2) is 5.96 Å². The van der Waals surface area contributed by atoms with Gasteiger partial charge in [-0.1, -0.05) is 37.3 Å². The number of hydrogen-bond acceptors (Lipinski definition) is 4. The summed E-state index contributed by atoms with van der Waals surface area (Å²) in [5, 5.41) is 14.6. The third-order valence-electron chi connectivity index (χ3n) is 3.79. The first-order valence-electron chi connectivity index (χ1n) is 8.17. The van der Waals surface area contributed by atoms with Crippen molar-refractivity contribution >= 4 is 29.9 Å². The molecule has 0 aliphatic rings. The molecule has 1 aromatic carbocycles. The van der Waals surface area contributed by atoms with Gasteiger partial charge in [0.25, 0.3) is 0 Å². The second-order valence-electron chi connectivity index (χ2n) is 5.31. The van der Waals surface area contributed by atoms with Crippen LogP contribution in [0.15, 0.2) is 41.7 Å². The molecule has 8 heteroatoms. The minimum atomic E-state index is -0.0192. The highest BCUT2D eigenvalue weighted by atomic mass is 127. The summed E-state index contributed by atoms with van der Waals surface area (Å²) >= 11 is 0. The van der Waals surface area contributed by atoms with E-state index in [0.717, 1.165) is 36.9 Å². The Morgan fingerprint density at radius 1 is 1.28 bits per heavy atom. The Bertz CT molecular complexity index is 631. The number of rotatable bonds is 8. The summed E-state index contributed by atoms with van der Waals surface area (Å²) in [4.78, 5) is 4.25. The summed E-state index contributed by atoms with van der Waals surface area (Å²) in [6, 6.07) is 10.1. The summed E-state index contributed by atoms with van der Waals surface area (Å²) < 4.78 is 7.60. The fraction of sp³-hybridized carbons (Fsp3) is 0.471. The standard InChI is InChI=1S/C17H26N6O.HI/c1-4-16-22-21-13-23(16)11-10-19-17(18-2)20-12-15(24-3)14-8-6-5-7-9-14;/h5-9,13,15H,4,10-12H2,1-3H3,(H2,18,19,20);1H. The van der Waals surface area contributed by atoms with Crippen LogP contribution in [0.4, 0.5) is 0 Å². The number of aryl methyl sites for hydroxylation is 1. The van der Waals surface area contributed by atoms with Crippen molar-refractivity contribution in [3.05, 3.63) is 48.0 Å². The Hall–Kier alpha value is -1.68. The van der Waals surface area contributed by atoms with Crippen molar-refractivity contribution in [2.75, 3.05) is 27.2 Å². The van der Waals surface area contributed by atoms with Crippen LogP contribution in [-0.2, 0) is 17.7 Å². The number of methoxy groups -OCH3 is 1. The molecular weight excluding hydrogens is 431 g/mol. The molecule has 0 radical (unpaired) electrons. The van der Waals surface area contributed by atoms with Crippen molar-refractivity contribution in [2.45, 2.75) is 26.0 Å². The molecule has 0 fully saturated rings. The Balaban J connectivity index is 0.00000312. The minimum Gasteiger partial charge on any atom is -0.375 e. The van der Waals surface area contributed by atoms with E-state index >= 15 is 0 Å². The van der Waals surface area contributed by atoms with E-state index in [1.54, 1.807) is 20.5 Å². The molecule has 2 N–H and O–H groups in total. The van der Waals surface area contributed by atoms with Crippen LogP contribution in [0.25, 0.3) is 0 Å². The lowest BCUT2D eigenvalue weighted by Crippen LogP contribution is -2.41. The molecule has 2 rings (SSSR count). The molecule has 0 amide bonds. The number of aliphatic imine (C=N–C) groups is 1. The largest absolute Gasteiger partial charge is 0.375 e. The van der Waals surface area contributed by atoms with Gasteiger partial charge < -0.3 is 19.9 Å². The molecular formula is C17H27IN6O. The smallest absolute Gasteiger partial charge is 0.191 e.